The van der Waals surface area contributed by atoms with Crippen molar-refractivity contribution in [2.45, 2.75) is 193 Å². The maximum atomic E-state index is 14.6. The van der Waals surface area contributed by atoms with Crippen molar-refractivity contribution in [3.63, 3.8) is 0 Å². The Balaban J connectivity index is 1.44. The van der Waals surface area contributed by atoms with E-state index in [-0.39, 0.29) is 36.8 Å². The third-order valence-electron chi connectivity index (χ3n) is 12.9. The van der Waals surface area contributed by atoms with E-state index in [1.807, 2.05) is 62.4 Å². The first-order valence-electron chi connectivity index (χ1n) is 26.9. The Kier molecular flexibility index (Phi) is 20.6. The van der Waals surface area contributed by atoms with Crippen LogP contribution in [0.1, 0.15) is 148 Å². The number of rotatable bonds is 22. The van der Waals surface area contributed by atoms with Gasteiger partial charge in [0.25, 0.3) is 10.0 Å². The van der Waals surface area contributed by atoms with Gasteiger partial charge >= 0.3 is 30.0 Å². The van der Waals surface area contributed by atoms with E-state index in [4.69, 9.17) is 29.4 Å². The summed E-state index contributed by atoms with van der Waals surface area (Å²) in [6.45, 7) is 22.5. The molecule has 23 nitrogen and oxygen atoms in total. The van der Waals surface area contributed by atoms with Gasteiger partial charge in [-0.2, -0.15) is 0 Å². The molecule has 0 saturated heterocycles. The standard InChI is InChI=1S/C58H79N7O16S/c1-31-32(2)48(33(3)38-29-58(13,14)81-47(31)38)82(75,76)65-53(59)60-25-19-24-40(49(69)62-41(26-44(66)78-55(4,5)6)50(70)63-43(52(72)73)28-46(68)80-57(10,11)12)61-51(71)42(27-45(67)79-56(7,8)9)64-54(74)77-30-39-36-22-17-15-20-34(36)35-21-16-18-23-37(35)39/h15-18,20-23,39-43H,19,24-30H2,1-14H3,(H,61,71)(H,62,69)(H,63,70)(H,64,74)(H,72,73)(H3,59,60,65)/t40-,41-,42-,43-/m0/s1. The second kappa shape index (κ2) is 26.0. The highest BCUT2D eigenvalue weighted by molar-refractivity contribution is 7.90. The molecule has 4 atom stereocenters. The Labute approximate surface area is 479 Å². The first-order valence-corrected chi connectivity index (χ1v) is 28.4. The summed E-state index contributed by atoms with van der Waals surface area (Å²) < 4.78 is 58.3. The number of carboxylic acids is 1. The SMILES string of the molecule is Cc1c(C)c(S(=O)(=O)NC(N)=NCCC[C@H](NC(=O)[C@H](CC(=O)OC(C)(C)C)NC(=O)OCC2c3ccccc3-c3ccccc32)C(=O)N[C@@H](CC(=O)OC(C)(C)C)C(=O)N[C@@H](CC(=O)OC(C)(C)C)C(=O)O)c(C)c2c1OC(C)(C)C2. The van der Waals surface area contributed by atoms with Crippen molar-refractivity contribution in [3.05, 3.63) is 81.9 Å². The van der Waals surface area contributed by atoms with Crippen molar-refractivity contribution in [1.82, 2.24) is 26.0 Å². The summed E-state index contributed by atoms with van der Waals surface area (Å²) in [7, 11) is -4.34. The number of carbonyl (C=O) groups is 8. The third-order valence-corrected chi connectivity index (χ3v) is 14.6. The highest BCUT2D eigenvalue weighted by Crippen LogP contribution is 2.45. The quantitative estimate of drug-likeness (QED) is 0.0219. The van der Waals surface area contributed by atoms with E-state index in [1.165, 1.54) is 0 Å². The highest BCUT2D eigenvalue weighted by atomic mass is 32.2. The van der Waals surface area contributed by atoms with Crippen LogP contribution in [0.15, 0.2) is 58.4 Å². The van der Waals surface area contributed by atoms with Crippen LogP contribution in [0.25, 0.3) is 11.1 Å². The number of alkyl carbamates (subject to hydrolysis) is 1. The maximum absolute atomic E-state index is 14.6. The Morgan fingerprint density at radius 1 is 0.671 bits per heavy atom. The number of aliphatic imine (C=N–C) groups is 1. The molecule has 3 aromatic carbocycles. The minimum absolute atomic E-state index is 0.000219. The number of nitrogens with one attached hydrogen (secondary N) is 5. The lowest BCUT2D eigenvalue weighted by Crippen LogP contribution is -2.58. The molecule has 2 aliphatic rings. The molecule has 82 heavy (non-hydrogen) atoms. The summed E-state index contributed by atoms with van der Waals surface area (Å²) >= 11 is 0. The number of amides is 4. The molecule has 0 fully saturated rings. The second-order valence-corrected chi connectivity index (χ2v) is 25.6. The van der Waals surface area contributed by atoms with Gasteiger partial charge in [-0.05, 0) is 149 Å². The topological polar surface area (TPSA) is 336 Å². The van der Waals surface area contributed by atoms with Gasteiger partial charge < -0.3 is 55.8 Å². The minimum Gasteiger partial charge on any atom is -0.487 e. The molecular formula is C58H79N7O16S. The first kappa shape index (κ1) is 65.1. The number of aliphatic carboxylic acids is 1. The number of nitrogens with two attached hydrogens (primary N) is 1. The number of sulfonamides is 1. The van der Waals surface area contributed by atoms with Gasteiger partial charge in [0.05, 0.1) is 24.2 Å². The van der Waals surface area contributed by atoms with Gasteiger partial charge in [-0.1, -0.05) is 48.5 Å². The number of guanidine groups is 1. The lowest BCUT2D eigenvalue weighted by atomic mass is 9.94. The van der Waals surface area contributed by atoms with Crippen LogP contribution in [-0.2, 0) is 69.0 Å². The molecule has 0 unspecified atom stereocenters. The van der Waals surface area contributed by atoms with Crippen molar-refractivity contribution in [1.29, 1.82) is 0 Å². The zero-order valence-electron chi connectivity index (χ0n) is 49.2. The van der Waals surface area contributed by atoms with Gasteiger partial charge in [0.2, 0.25) is 23.7 Å². The molecule has 0 aromatic heterocycles. The van der Waals surface area contributed by atoms with Gasteiger partial charge in [0.15, 0.2) is 0 Å². The predicted octanol–water partition coefficient (Wildman–Crippen LogP) is 5.34. The number of hydrogen-bond donors (Lipinski definition) is 7. The number of benzene rings is 3. The molecular weight excluding hydrogens is 1080 g/mol. The fourth-order valence-electron chi connectivity index (χ4n) is 9.50. The van der Waals surface area contributed by atoms with E-state index in [1.54, 1.807) is 83.1 Å². The Bertz CT molecular complexity index is 3050. The average Bonchev–Trinajstić information content (AvgIpc) is 3.84. The molecule has 1 aliphatic heterocycles. The predicted molar refractivity (Wildman–Crippen MR) is 302 cm³/mol. The molecule has 1 aliphatic carbocycles. The van der Waals surface area contributed by atoms with Gasteiger partial charge in [-0.15, -0.1) is 0 Å². The van der Waals surface area contributed by atoms with E-state index in [0.29, 0.717) is 28.9 Å². The van der Waals surface area contributed by atoms with Crippen molar-refractivity contribution >= 4 is 63.7 Å². The normalized spacial score (nSPS) is 15.4. The van der Waals surface area contributed by atoms with E-state index in [2.05, 4.69) is 31.0 Å². The molecule has 448 valence electrons. The second-order valence-electron chi connectivity index (χ2n) is 24.0. The van der Waals surface area contributed by atoms with Gasteiger partial charge in [0, 0.05) is 24.4 Å². The van der Waals surface area contributed by atoms with E-state index in [9.17, 15) is 51.9 Å². The van der Waals surface area contributed by atoms with Gasteiger partial charge in [-0.3, -0.25) is 33.8 Å². The van der Waals surface area contributed by atoms with E-state index in [0.717, 1.165) is 27.8 Å². The third kappa shape index (κ3) is 18.1. The number of ether oxygens (including phenoxy) is 5. The van der Waals surface area contributed by atoms with Crippen molar-refractivity contribution in [3.8, 4) is 16.9 Å². The van der Waals surface area contributed by atoms with Crippen molar-refractivity contribution in [2.24, 2.45) is 10.7 Å². The first-order chi connectivity index (χ1) is 37.8. The Morgan fingerprint density at radius 2 is 1.11 bits per heavy atom. The largest absolute Gasteiger partial charge is 0.487 e. The van der Waals surface area contributed by atoms with Crippen LogP contribution >= 0.6 is 0 Å². The van der Waals surface area contributed by atoms with Crippen LogP contribution in [0.4, 0.5) is 4.79 Å². The van der Waals surface area contributed by atoms with Gasteiger partial charge in [-0.25, -0.2) is 22.7 Å². The van der Waals surface area contributed by atoms with E-state index >= 15 is 0 Å². The smallest absolute Gasteiger partial charge is 0.407 e. The fraction of sp³-hybridized carbons (Fsp3) is 0.534. The monoisotopic (exact) mass is 1160 g/mol. The summed E-state index contributed by atoms with van der Waals surface area (Å²) in [5, 5.41) is 19.6. The van der Waals surface area contributed by atoms with Crippen LogP contribution in [-0.4, -0.2) is 127 Å². The number of nitrogens with zero attached hydrogens (tertiary/aromatic N) is 1. The van der Waals surface area contributed by atoms with Crippen molar-refractivity contribution in [2.75, 3.05) is 13.2 Å². The summed E-state index contributed by atoms with van der Waals surface area (Å²) in [5.41, 5.74) is 8.47. The molecule has 24 heteroatoms. The average molecular weight is 1160 g/mol. The highest BCUT2D eigenvalue weighted by Gasteiger charge is 2.39. The van der Waals surface area contributed by atoms with E-state index < -0.39 is 130 Å². The Hall–Kier alpha value is -7.76. The number of carboxylic acid groups (broad SMARTS) is 1. The molecule has 0 bridgehead atoms. The van der Waals surface area contributed by atoms with Crippen LogP contribution in [0.3, 0.4) is 0 Å². The summed E-state index contributed by atoms with van der Waals surface area (Å²) in [5.74, 6) is -8.36. The van der Waals surface area contributed by atoms with Crippen molar-refractivity contribution < 1.29 is 75.6 Å². The molecule has 3 aromatic rings. The zero-order valence-corrected chi connectivity index (χ0v) is 50.0. The molecule has 0 saturated carbocycles. The lowest BCUT2D eigenvalue weighted by Gasteiger charge is -2.27. The van der Waals surface area contributed by atoms with Crippen LogP contribution < -0.4 is 36.5 Å². The molecule has 0 spiro atoms. The summed E-state index contributed by atoms with van der Waals surface area (Å²) in [6, 6.07) is 7.93. The lowest BCUT2D eigenvalue weighted by molar-refractivity contribution is -0.159. The van der Waals surface area contributed by atoms with Crippen LogP contribution in [0, 0.1) is 20.8 Å². The molecule has 0 radical (unpaired) electrons. The maximum Gasteiger partial charge on any atom is 0.407 e. The van der Waals surface area contributed by atoms with Crippen LogP contribution in [0.5, 0.6) is 5.75 Å². The van der Waals surface area contributed by atoms with Gasteiger partial charge in [0.1, 0.15) is 58.9 Å². The molecule has 1 heterocycles. The summed E-state index contributed by atoms with van der Waals surface area (Å²) in [6.07, 6.45) is -3.64. The number of carbonyl (C=O) groups excluding carboxylic acids is 7. The molecule has 5 rings (SSSR count). The summed E-state index contributed by atoms with van der Waals surface area (Å²) in [4.78, 5) is 113. The van der Waals surface area contributed by atoms with Crippen LogP contribution in [0.2, 0.25) is 0 Å². The number of hydrogen-bond acceptors (Lipinski definition) is 16. The fourth-order valence-corrected chi connectivity index (χ4v) is 11.0. The minimum atomic E-state index is -4.34. The number of fused-ring (bicyclic) bond motifs is 4. The zero-order chi connectivity index (χ0) is 61.4. The number of esters is 3. The Morgan fingerprint density at radius 3 is 1.60 bits per heavy atom. The molecule has 4 amide bonds. The molecule has 8 N–H and O–H groups in total.